The molecule has 1 unspecified atom stereocenters. The van der Waals surface area contributed by atoms with Gasteiger partial charge in [0.1, 0.15) is 0 Å². The molecule has 0 saturated carbocycles. The number of piperazine rings is 2. The van der Waals surface area contributed by atoms with Gasteiger partial charge in [0.15, 0.2) is 6.61 Å². The van der Waals surface area contributed by atoms with E-state index in [2.05, 4.69) is 44.0 Å². The summed E-state index contributed by atoms with van der Waals surface area (Å²) in [5.41, 5.74) is 2.14. The third-order valence-electron chi connectivity index (χ3n) is 9.88. The number of halogens is 3. The van der Waals surface area contributed by atoms with Crippen LogP contribution in [0.15, 0.2) is 60.7 Å². The van der Waals surface area contributed by atoms with Gasteiger partial charge in [-0.25, -0.2) is 0 Å². The number of aromatic nitrogens is 2. The van der Waals surface area contributed by atoms with Crippen LogP contribution in [0, 0.1) is 5.41 Å². The second kappa shape index (κ2) is 14.9. The zero-order chi connectivity index (χ0) is 34.6. The number of methoxy groups -OCH3 is 1. The lowest BCUT2D eigenvalue weighted by atomic mass is 9.80. The molecule has 6 rings (SSSR count). The maximum atomic E-state index is 13.9. The van der Waals surface area contributed by atoms with E-state index in [1.165, 1.54) is 7.11 Å². The van der Waals surface area contributed by atoms with Crippen LogP contribution in [0.4, 0.5) is 13.2 Å². The highest BCUT2D eigenvalue weighted by Crippen LogP contribution is 2.39. The van der Waals surface area contributed by atoms with Crippen molar-refractivity contribution in [3.8, 4) is 17.8 Å². The summed E-state index contributed by atoms with van der Waals surface area (Å²) in [7, 11) is 1.41. The van der Waals surface area contributed by atoms with Crippen molar-refractivity contribution >= 4 is 5.91 Å². The van der Waals surface area contributed by atoms with E-state index in [0.717, 1.165) is 11.1 Å². The Morgan fingerprint density at radius 2 is 1.59 bits per heavy atom. The topological polar surface area (TPSA) is 89.5 Å². The van der Waals surface area contributed by atoms with Gasteiger partial charge in [0.25, 0.3) is 0 Å². The van der Waals surface area contributed by atoms with Gasteiger partial charge in [0.05, 0.1) is 37.9 Å². The van der Waals surface area contributed by atoms with E-state index in [1.54, 1.807) is 6.92 Å². The number of hydrogen-bond acceptors (Lipinski definition) is 9. The maximum absolute atomic E-state index is 13.9. The van der Waals surface area contributed by atoms with Crippen LogP contribution in [0.2, 0.25) is 0 Å². The number of fused-ring (bicyclic) bond motifs is 1. The van der Waals surface area contributed by atoms with Crippen LogP contribution in [0.1, 0.15) is 42.9 Å². The summed E-state index contributed by atoms with van der Waals surface area (Å²) in [5, 5.41) is 0. The van der Waals surface area contributed by atoms with Gasteiger partial charge in [-0.05, 0) is 24.5 Å². The summed E-state index contributed by atoms with van der Waals surface area (Å²) < 4.78 is 61.9. The largest absolute Gasteiger partial charge is 0.481 e. The lowest BCUT2D eigenvalue weighted by Crippen LogP contribution is -2.69. The van der Waals surface area contributed by atoms with Gasteiger partial charge in [-0.1, -0.05) is 67.6 Å². The highest BCUT2D eigenvalue weighted by molar-refractivity contribution is 5.84. The molecule has 264 valence electrons. The van der Waals surface area contributed by atoms with E-state index < -0.39 is 18.2 Å². The van der Waals surface area contributed by atoms with Crippen LogP contribution in [0.5, 0.6) is 17.8 Å². The van der Waals surface area contributed by atoms with Crippen molar-refractivity contribution in [3.63, 3.8) is 0 Å². The molecule has 2 aromatic carbocycles. The van der Waals surface area contributed by atoms with Crippen LogP contribution in [0.3, 0.4) is 0 Å². The number of carbonyl (C=O) groups excluding carboxylic acids is 1. The predicted octanol–water partition coefficient (Wildman–Crippen LogP) is 4.78. The molecule has 13 heteroatoms. The summed E-state index contributed by atoms with van der Waals surface area (Å²) in [5.74, 6) is -0.0322. The zero-order valence-corrected chi connectivity index (χ0v) is 28.2. The number of amides is 1. The number of ether oxygens (including phenoxy) is 4. The van der Waals surface area contributed by atoms with Crippen LogP contribution in [-0.4, -0.2) is 115 Å². The van der Waals surface area contributed by atoms with Crippen molar-refractivity contribution in [2.45, 2.75) is 51.0 Å². The van der Waals surface area contributed by atoms with Gasteiger partial charge in [-0.2, -0.15) is 23.1 Å². The first-order valence-electron chi connectivity index (χ1n) is 16.9. The zero-order valence-electron chi connectivity index (χ0n) is 28.2. The molecular formula is C36H44F3N5O5. The van der Waals surface area contributed by atoms with E-state index in [0.29, 0.717) is 57.9 Å². The molecule has 0 radical (unpaired) electrons. The van der Waals surface area contributed by atoms with E-state index in [9.17, 15) is 18.0 Å². The van der Waals surface area contributed by atoms with Crippen LogP contribution >= 0.6 is 0 Å². The number of benzene rings is 2. The molecule has 3 aliphatic heterocycles. The maximum Gasteiger partial charge on any atom is 0.422 e. The second-order valence-corrected chi connectivity index (χ2v) is 13.0. The summed E-state index contributed by atoms with van der Waals surface area (Å²) in [4.78, 5) is 29.1. The normalized spacial score (nSPS) is 21.2. The van der Waals surface area contributed by atoms with Gasteiger partial charge >= 0.3 is 12.2 Å². The second-order valence-electron chi connectivity index (χ2n) is 13.0. The molecule has 0 bridgehead atoms. The minimum Gasteiger partial charge on any atom is -0.481 e. The van der Waals surface area contributed by atoms with Crippen LogP contribution < -0.4 is 14.2 Å². The summed E-state index contributed by atoms with van der Waals surface area (Å²) in [6.07, 6.45) is -3.86. The molecule has 3 aliphatic rings. The fraction of sp³-hybridized carbons (Fsp3) is 0.528. The summed E-state index contributed by atoms with van der Waals surface area (Å²) in [6.45, 7) is 6.47. The van der Waals surface area contributed by atoms with Gasteiger partial charge in [0, 0.05) is 57.3 Å². The minimum absolute atomic E-state index is 0.0172. The highest BCUT2D eigenvalue weighted by Gasteiger charge is 2.49. The summed E-state index contributed by atoms with van der Waals surface area (Å²) in [6, 6.07) is 20.5. The Bertz CT molecular complexity index is 1510. The average molecular weight is 684 g/mol. The molecule has 0 aliphatic carbocycles. The molecule has 4 heterocycles. The van der Waals surface area contributed by atoms with Gasteiger partial charge < -0.3 is 23.8 Å². The molecule has 3 fully saturated rings. The van der Waals surface area contributed by atoms with Crippen molar-refractivity contribution in [3.05, 3.63) is 77.4 Å². The van der Waals surface area contributed by atoms with Gasteiger partial charge in [-0.3, -0.25) is 14.6 Å². The number of hydrogen-bond donors (Lipinski definition) is 0. The Morgan fingerprint density at radius 3 is 2.14 bits per heavy atom. The fourth-order valence-corrected chi connectivity index (χ4v) is 7.36. The first-order valence-corrected chi connectivity index (χ1v) is 16.9. The molecule has 1 amide bonds. The Morgan fingerprint density at radius 1 is 0.939 bits per heavy atom. The molecule has 3 saturated heterocycles. The third-order valence-corrected chi connectivity index (χ3v) is 9.88. The first-order chi connectivity index (χ1) is 23.6. The first kappa shape index (κ1) is 34.9. The highest BCUT2D eigenvalue weighted by atomic mass is 19.4. The van der Waals surface area contributed by atoms with Crippen molar-refractivity contribution in [2.75, 3.05) is 66.3 Å². The molecule has 1 aromatic heterocycles. The van der Waals surface area contributed by atoms with E-state index in [1.807, 2.05) is 48.2 Å². The lowest BCUT2D eigenvalue weighted by Gasteiger charge is -2.55. The van der Waals surface area contributed by atoms with Crippen molar-refractivity contribution in [1.29, 1.82) is 0 Å². The van der Waals surface area contributed by atoms with Crippen molar-refractivity contribution in [1.82, 2.24) is 24.7 Å². The quantitative estimate of drug-likeness (QED) is 0.268. The molecule has 49 heavy (non-hydrogen) atoms. The van der Waals surface area contributed by atoms with Crippen LogP contribution in [-0.2, 0) is 16.1 Å². The third kappa shape index (κ3) is 7.63. The Kier molecular flexibility index (Phi) is 10.6. The fourth-order valence-electron chi connectivity index (χ4n) is 7.36. The number of rotatable bonds is 12. The Labute approximate surface area is 285 Å². The van der Waals surface area contributed by atoms with Crippen LogP contribution in [0.25, 0.3) is 0 Å². The van der Waals surface area contributed by atoms with Gasteiger partial charge in [-0.15, -0.1) is 0 Å². The lowest BCUT2D eigenvalue weighted by molar-refractivity contribution is -0.177. The number of nitrogens with zero attached hydrogens (tertiary/aromatic N) is 5. The number of alkyl halides is 3. The molecule has 3 aromatic rings. The molecule has 0 spiro atoms. The van der Waals surface area contributed by atoms with E-state index in [4.69, 9.17) is 18.9 Å². The standard InChI is InChI=1S/C36H44F3N5O5/c1-4-35(22-47-23-35)33(45)43-16-17-44-27(19-43)18-42(21-29(44)30(25-12-8-6-9-13-25)26-14-10-7-11-15-26)20-28-31(46-3)40-34(48-5-2)41-32(28)49-24-36(37,38)39/h6-15,27,29-30H,4-5,16-24H2,1-3H3/t27-,29?/m1/s1. The molecule has 0 N–H and O–H groups in total. The van der Waals surface area contributed by atoms with Crippen molar-refractivity contribution < 1.29 is 36.9 Å². The van der Waals surface area contributed by atoms with Gasteiger partial charge in [0.2, 0.25) is 17.7 Å². The predicted molar refractivity (Wildman–Crippen MR) is 176 cm³/mol. The summed E-state index contributed by atoms with van der Waals surface area (Å²) >= 11 is 0. The molecule has 2 atom stereocenters. The minimum atomic E-state index is -4.57. The Balaban J connectivity index is 1.37. The average Bonchev–Trinajstić information content (AvgIpc) is 3.08. The van der Waals surface area contributed by atoms with E-state index >= 15 is 0 Å². The SMILES string of the molecule is CCOc1nc(OC)c(CN2CC(C(c3ccccc3)c3ccccc3)N3CCN(C(=O)C4(CC)COC4)C[C@H]3C2)c(OCC(F)(F)F)n1. The molecule has 10 nitrogen and oxygen atoms in total. The van der Waals surface area contributed by atoms with E-state index in [-0.39, 0.29) is 54.8 Å². The Hall–Kier alpha value is -3.94. The van der Waals surface area contributed by atoms with Crippen molar-refractivity contribution in [2.24, 2.45) is 5.41 Å². The molecular weight excluding hydrogens is 639 g/mol. The number of carbonyl (C=O) groups is 1. The monoisotopic (exact) mass is 683 g/mol. The smallest absolute Gasteiger partial charge is 0.422 e.